The van der Waals surface area contributed by atoms with E-state index in [0.717, 1.165) is 16.5 Å². The molecular weight excluding hydrogens is 296 g/mol. The second-order valence-corrected chi connectivity index (χ2v) is 4.76. The maximum absolute atomic E-state index is 10.9. The van der Waals surface area contributed by atoms with Crippen LogP contribution in [-0.2, 0) is 0 Å². The highest BCUT2D eigenvalue weighted by atomic mass is 16.6. The Balaban J connectivity index is 1.63. The van der Waals surface area contributed by atoms with Gasteiger partial charge in [0.25, 0.3) is 0 Å². The van der Waals surface area contributed by atoms with E-state index in [9.17, 15) is 10.1 Å². The van der Waals surface area contributed by atoms with Gasteiger partial charge in [0.05, 0.1) is 0 Å². The molecule has 3 rings (SSSR count). The van der Waals surface area contributed by atoms with Crippen LogP contribution in [0.1, 0.15) is 0 Å². The number of ether oxygens (including phenoxy) is 2. The van der Waals surface area contributed by atoms with Gasteiger partial charge >= 0.3 is 5.82 Å². The van der Waals surface area contributed by atoms with Gasteiger partial charge in [-0.3, -0.25) is 0 Å². The summed E-state index contributed by atoms with van der Waals surface area (Å²) in [6.45, 7) is 0.468. The van der Waals surface area contributed by atoms with Crippen molar-refractivity contribution >= 4 is 16.6 Å². The molecule has 0 N–H and O–H groups in total. The highest BCUT2D eigenvalue weighted by molar-refractivity contribution is 5.88. The van der Waals surface area contributed by atoms with Crippen LogP contribution in [0.5, 0.6) is 11.5 Å². The summed E-state index contributed by atoms with van der Waals surface area (Å²) in [5.74, 6) is 0.601. The average molecular weight is 310 g/mol. The molecule has 0 aliphatic carbocycles. The summed E-state index contributed by atoms with van der Waals surface area (Å²) in [5, 5.41) is 13.0. The Morgan fingerprint density at radius 2 is 1.61 bits per heavy atom. The number of pyridine rings is 1. The highest BCUT2D eigenvalue weighted by Crippen LogP contribution is 2.25. The molecule has 0 unspecified atom stereocenters. The number of fused-ring (bicyclic) bond motifs is 1. The molecule has 6 nitrogen and oxygen atoms in total. The van der Waals surface area contributed by atoms with E-state index in [-0.39, 0.29) is 24.8 Å². The van der Waals surface area contributed by atoms with Gasteiger partial charge < -0.3 is 19.6 Å². The molecule has 0 radical (unpaired) electrons. The molecule has 0 bridgehead atoms. The number of benzene rings is 2. The number of nitrogens with zero attached hydrogens (tertiary/aromatic N) is 2. The van der Waals surface area contributed by atoms with Crippen molar-refractivity contribution in [2.45, 2.75) is 0 Å². The zero-order valence-corrected chi connectivity index (χ0v) is 12.2. The molecule has 2 aromatic carbocycles. The largest absolute Gasteiger partial charge is 0.489 e. The molecule has 1 aromatic heterocycles. The Hall–Kier alpha value is -3.15. The van der Waals surface area contributed by atoms with Crippen LogP contribution in [-0.4, -0.2) is 23.1 Å². The number of hydrogen-bond donors (Lipinski definition) is 0. The summed E-state index contributed by atoms with van der Waals surface area (Å²) < 4.78 is 11.1. The summed E-state index contributed by atoms with van der Waals surface area (Å²) in [5.41, 5.74) is 0. The van der Waals surface area contributed by atoms with E-state index in [4.69, 9.17) is 9.47 Å². The van der Waals surface area contributed by atoms with Crippen molar-refractivity contribution in [3.05, 3.63) is 70.9 Å². The normalized spacial score (nSPS) is 10.4. The van der Waals surface area contributed by atoms with E-state index < -0.39 is 4.92 Å². The van der Waals surface area contributed by atoms with Gasteiger partial charge in [-0.2, -0.15) is 0 Å². The molecule has 0 amide bonds. The molecule has 0 saturated heterocycles. The number of hydrogen-bond acceptors (Lipinski definition) is 5. The van der Waals surface area contributed by atoms with E-state index in [0.29, 0.717) is 0 Å². The highest BCUT2D eigenvalue weighted by Gasteiger charge is 2.15. The molecule has 0 fully saturated rings. The van der Waals surface area contributed by atoms with Gasteiger partial charge in [0, 0.05) is 5.39 Å². The average Bonchev–Trinajstić information content (AvgIpc) is 2.59. The zero-order chi connectivity index (χ0) is 16.1. The van der Waals surface area contributed by atoms with Gasteiger partial charge in [-0.05, 0) is 33.5 Å². The van der Waals surface area contributed by atoms with E-state index >= 15 is 0 Å². The first-order chi connectivity index (χ1) is 11.3. The minimum atomic E-state index is -0.569. The summed E-state index contributed by atoms with van der Waals surface area (Å²) >= 11 is 0. The first-order valence-corrected chi connectivity index (χ1v) is 7.08. The van der Waals surface area contributed by atoms with Crippen molar-refractivity contribution < 1.29 is 14.4 Å². The number of nitro groups is 1. The molecule has 116 valence electrons. The second kappa shape index (κ2) is 6.74. The Morgan fingerprint density at radius 3 is 2.43 bits per heavy atom. The Kier molecular flexibility index (Phi) is 4.33. The first kappa shape index (κ1) is 14.8. The fourth-order valence-electron chi connectivity index (χ4n) is 2.26. The number of aromatic nitrogens is 1. The van der Waals surface area contributed by atoms with Gasteiger partial charge in [-0.15, -0.1) is 0 Å². The minimum Gasteiger partial charge on any atom is -0.489 e. The Bertz CT molecular complexity index is 830. The van der Waals surface area contributed by atoms with Crippen LogP contribution in [0.3, 0.4) is 0 Å². The lowest BCUT2D eigenvalue weighted by Crippen LogP contribution is -2.10. The van der Waals surface area contributed by atoms with Crippen molar-refractivity contribution in [1.29, 1.82) is 0 Å². The molecule has 0 saturated carbocycles. The van der Waals surface area contributed by atoms with Crippen LogP contribution < -0.4 is 9.47 Å². The summed E-state index contributed by atoms with van der Waals surface area (Å²) in [7, 11) is 0. The quantitative estimate of drug-likeness (QED) is 0.395. The standard InChI is InChI=1S/C17H14N2O4/c20-19(21)17-16(9-4-10-18-17)23-12-11-22-15-8-3-6-13-5-1-2-7-14(13)15/h1-10H,11-12H2. The first-order valence-electron chi connectivity index (χ1n) is 7.08. The lowest BCUT2D eigenvalue weighted by molar-refractivity contribution is -0.390. The fraction of sp³-hybridized carbons (Fsp3) is 0.118. The Labute approximate surface area is 132 Å². The van der Waals surface area contributed by atoms with Crippen molar-refractivity contribution in [3.63, 3.8) is 0 Å². The third-order valence-electron chi connectivity index (χ3n) is 3.27. The molecule has 0 aliphatic heterocycles. The van der Waals surface area contributed by atoms with E-state index in [2.05, 4.69) is 4.98 Å². The summed E-state index contributed by atoms with van der Waals surface area (Å²) in [6, 6.07) is 16.8. The Morgan fingerprint density at radius 1 is 0.913 bits per heavy atom. The minimum absolute atomic E-state index is 0.138. The van der Waals surface area contributed by atoms with Gasteiger partial charge in [0.1, 0.15) is 25.2 Å². The fourth-order valence-corrected chi connectivity index (χ4v) is 2.26. The topological polar surface area (TPSA) is 74.5 Å². The third kappa shape index (κ3) is 3.37. The van der Waals surface area contributed by atoms with Crippen LogP contribution in [0, 0.1) is 10.1 Å². The maximum atomic E-state index is 10.9. The number of rotatable bonds is 6. The van der Waals surface area contributed by atoms with Crippen LogP contribution >= 0.6 is 0 Å². The summed E-state index contributed by atoms with van der Waals surface area (Å²) in [4.78, 5) is 14.0. The van der Waals surface area contributed by atoms with Crippen molar-refractivity contribution in [1.82, 2.24) is 4.98 Å². The van der Waals surface area contributed by atoms with Crippen LogP contribution in [0.25, 0.3) is 10.8 Å². The molecule has 6 heteroatoms. The molecular formula is C17H14N2O4. The lowest BCUT2D eigenvalue weighted by Gasteiger charge is -2.10. The summed E-state index contributed by atoms with van der Waals surface area (Å²) in [6.07, 6.45) is 1.36. The van der Waals surface area contributed by atoms with E-state index in [1.54, 1.807) is 6.07 Å². The molecule has 3 aromatic rings. The van der Waals surface area contributed by atoms with E-state index in [1.165, 1.54) is 12.3 Å². The zero-order valence-electron chi connectivity index (χ0n) is 12.2. The van der Waals surface area contributed by atoms with Gasteiger partial charge in [0.2, 0.25) is 5.75 Å². The van der Waals surface area contributed by atoms with Crippen molar-refractivity contribution in [2.75, 3.05) is 13.2 Å². The van der Waals surface area contributed by atoms with Crippen LogP contribution in [0.15, 0.2) is 60.8 Å². The predicted molar refractivity (Wildman–Crippen MR) is 85.8 cm³/mol. The molecule has 0 aliphatic rings. The van der Waals surface area contributed by atoms with Gasteiger partial charge in [0.15, 0.2) is 0 Å². The van der Waals surface area contributed by atoms with Crippen molar-refractivity contribution in [3.8, 4) is 11.5 Å². The maximum Gasteiger partial charge on any atom is 0.406 e. The monoisotopic (exact) mass is 310 g/mol. The van der Waals surface area contributed by atoms with Gasteiger partial charge in [-0.1, -0.05) is 36.4 Å². The second-order valence-electron chi connectivity index (χ2n) is 4.76. The molecule has 23 heavy (non-hydrogen) atoms. The van der Waals surface area contributed by atoms with Crippen molar-refractivity contribution in [2.24, 2.45) is 0 Å². The van der Waals surface area contributed by atoms with Gasteiger partial charge in [-0.25, -0.2) is 0 Å². The molecule has 0 atom stereocenters. The van der Waals surface area contributed by atoms with Crippen LogP contribution in [0.4, 0.5) is 5.82 Å². The SMILES string of the molecule is O=[N+]([O-])c1ncccc1OCCOc1cccc2ccccc12. The molecule has 0 spiro atoms. The van der Waals surface area contributed by atoms with E-state index in [1.807, 2.05) is 42.5 Å². The predicted octanol–water partition coefficient (Wildman–Crippen LogP) is 3.60. The smallest absolute Gasteiger partial charge is 0.406 e. The van der Waals surface area contributed by atoms with Crippen LogP contribution in [0.2, 0.25) is 0 Å². The third-order valence-corrected chi connectivity index (χ3v) is 3.27. The molecule has 1 heterocycles. The lowest BCUT2D eigenvalue weighted by atomic mass is 10.1.